The van der Waals surface area contributed by atoms with E-state index in [2.05, 4.69) is 0 Å². The maximum absolute atomic E-state index is 5.62. The van der Waals surface area contributed by atoms with E-state index in [-0.39, 0.29) is 6.29 Å². The fourth-order valence-electron chi connectivity index (χ4n) is 1.83. The first-order valence-electron chi connectivity index (χ1n) is 5.30. The molecule has 2 aliphatic rings. The summed E-state index contributed by atoms with van der Waals surface area (Å²) in [5.41, 5.74) is 0. The lowest BCUT2D eigenvalue weighted by Gasteiger charge is -2.23. The van der Waals surface area contributed by atoms with Gasteiger partial charge in [0, 0.05) is 13.2 Å². The van der Waals surface area contributed by atoms with Crippen molar-refractivity contribution in [3.63, 3.8) is 0 Å². The molecule has 3 nitrogen and oxygen atoms in total. The van der Waals surface area contributed by atoms with Gasteiger partial charge in [-0.1, -0.05) is 0 Å². The smallest absolute Gasteiger partial charge is 0.157 e. The van der Waals surface area contributed by atoms with Crippen LogP contribution in [0.15, 0.2) is 0 Å². The second-order valence-corrected chi connectivity index (χ2v) is 3.76. The lowest BCUT2D eigenvalue weighted by molar-refractivity contribution is -0.175. The summed E-state index contributed by atoms with van der Waals surface area (Å²) in [6, 6.07) is 0. The zero-order chi connectivity index (χ0) is 8.93. The van der Waals surface area contributed by atoms with Gasteiger partial charge in [-0.25, -0.2) is 0 Å². The monoisotopic (exact) mass is 186 g/mol. The Hall–Kier alpha value is -0.120. The second-order valence-electron chi connectivity index (χ2n) is 3.76. The van der Waals surface area contributed by atoms with E-state index in [1.54, 1.807) is 0 Å². The van der Waals surface area contributed by atoms with Gasteiger partial charge in [0.1, 0.15) is 0 Å². The molecule has 3 heteroatoms. The lowest BCUT2D eigenvalue weighted by Crippen LogP contribution is -2.26. The third-order valence-electron chi connectivity index (χ3n) is 2.63. The van der Waals surface area contributed by atoms with Gasteiger partial charge < -0.3 is 14.2 Å². The molecule has 76 valence electrons. The summed E-state index contributed by atoms with van der Waals surface area (Å²) in [7, 11) is 0. The highest BCUT2D eigenvalue weighted by Crippen LogP contribution is 2.17. The Morgan fingerprint density at radius 2 is 1.92 bits per heavy atom. The average molecular weight is 186 g/mol. The molecule has 0 unspecified atom stereocenters. The van der Waals surface area contributed by atoms with Gasteiger partial charge in [-0.2, -0.15) is 0 Å². The van der Waals surface area contributed by atoms with Crippen LogP contribution in [0, 0.1) is 0 Å². The molecule has 0 radical (unpaired) electrons. The zero-order valence-corrected chi connectivity index (χ0v) is 8.04. The summed E-state index contributed by atoms with van der Waals surface area (Å²) in [6.45, 7) is 2.47. The van der Waals surface area contributed by atoms with E-state index in [0.29, 0.717) is 12.7 Å². The van der Waals surface area contributed by atoms with E-state index in [9.17, 15) is 0 Å². The first-order valence-corrected chi connectivity index (χ1v) is 5.30. The molecule has 0 aromatic heterocycles. The normalized spacial score (nSPS) is 35.1. The Labute approximate surface area is 79.4 Å². The molecule has 0 amide bonds. The minimum atomic E-state index is 0.0398. The van der Waals surface area contributed by atoms with Gasteiger partial charge in [-0.05, 0) is 32.1 Å². The van der Waals surface area contributed by atoms with E-state index in [1.807, 2.05) is 0 Å². The maximum atomic E-state index is 5.62. The van der Waals surface area contributed by atoms with E-state index in [0.717, 1.165) is 26.1 Å². The first kappa shape index (κ1) is 9.44. The van der Waals surface area contributed by atoms with Crippen LogP contribution in [0.4, 0.5) is 0 Å². The third kappa shape index (κ3) is 2.93. The number of ether oxygens (including phenoxy) is 3. The van der Waals surface area contributed by atoms with Crippen molar-refractivity contribution in [1.29, 1.82) is 0 Å². The van der Waals surface area contributed by atoms with Crippen LogP contribution >= 0.6 is 0 Å². The number of hydrogen-bond acceptors (Lipinski definition) is 3. The summed E-state index contributed by atoms with van der Waals surface area (Å²) in [5.74, 6) is 0. The highest BCUT2D eigenvalue weighted by molar-refractivity contribution is 4.64. The van der Waals surface area contributed by atoms with E-state index in [4.69, 9.17) is 14.2 Å². The summed E-state index contributed by atoms with van der Waals surface area (Å²) >= 11 is 0. The van der Waals surface area contributed by atoms with Gasteiger partial charge in [0.25, 0.3) is 0 Å². The van der Waals surface area contributed by atoms with Crippen LogP contribution in [0.5, 0.6) is 0 Å². The highest BCUT2D eigenvalue weighted by Gasteiger charge is 2.19. The van der Waals surface area contributed by atoms with Crippen molar-refractivity contribution in [3.05, 3.63) is 0 Å². The van der Waals surface area contributed by atoms with Crippen molar-refractivity contribution in [3.8, 4) is 0 Å². The van der Waals surface area contributed by atoms with Crippen LogP contribution in [0.2, 0.25) is 0 Å². The average Bonchev–Trinajstić information content (AvgIpc) is 2.69. The number of rotatable bonds is 3. The van der Waals surface area contributed by atoms with Crippen molar-refractivity contribution in [2.24, 2.45) is 0 Å². The lowest BCUT2D eigenvalue weighted by atomic mass is 10.2. The molecule has 13 heavy (non-hydrogen) atoms. The molecule has 2 saturated heterocycles. The molecule has 0 N–H and O–H groups in total. The first-order chi connectivity index (χ1) is 6.45. The molecule has 0 aromatic carbocycles. The standard InChI is InChI=1S/C10H18O3/c1-2-6-12-10(5-1)13-8-9-4-3-7-11-9/h9-10H,1-8H2/t9-,10-/m1/s1. The Kier molecular flexibility index (Phi) is 3.58. The van der Waals surface area contributed by atoms with Crippen LogP contribution in [0.1, 0.15) is 32.1 Å². The Morgan fingerprint density at radius 3 is 2.62 bits per heavy atom. The second kappa shape index (κ2) is 4.94. The minimum Gasteiger partial charge on any atom is -0.376 e. The van der Waals surface area contributed by atoms with Crippen molar-refractivity contribution in [2.45, 2.75) is 44.5 Å². The van der Waals surface area contributed by atoms with Gasteiger partial charge in [-0.3, -0.25) is 0 Å². The van der Waals surface area contributed by atoms with Gasteiger partial charge in [0.2, 0.25) is 0 Å². The van der Waals surface area contributed by atoms with Crippen LogP contribution in [-0.2, 0) is 14.2 Å². The molecule has 0 spiro atoms. The quantitative estimate of drug-likeness (QED) is 0.671. The molecular weight excluding hydrogens is 168 g/mol. The molecule has 0 saturated carbocycles. The highest BCUT2D eigenvalue weighted by atomic mass is 16.7. The van der Waals surface area contributed by atoms with Crippen LogP contribution in [0.25, 0.3) is 0 Å². The summed E-state index contributed by atoms with van der Waals surface area (Å²) in [6.07, 6.45) is 6.15. The molecule has 0 aromatic rings. The SMILES string of the molecule is C1CC[C@@H](OC[C@H]2CCCO2)OC1. The van der Waals surface area contributed by atoms with Crippen molar-refractivity contribution in [2.75, 3.05) is 19.8 Å². The largest absolute Gasteiger partial charge is 0.376 e. The van der Waals surface area contributed by atoms with Gasteiger partial charge >= 0.3 is 0 Å². The fourth-order valence-corrected chi connectivity index (χ4v) is 1.83. The predicted octanol–water partition coefficient (Wildman–Crippen LogP) is 1.71. The third-order valence-corrected chi connectivity index (χ3v) is 2.63. The van der Waals surface area contributed by atoms with Crippen LogP contribution in [-0.4, -0.2) is 32.2 Å². The van der Waals surface area contributed by atoms with Crippen molar-refractivity contribution >= 4 is 0 Å². The molecule has 2 aliphatic heterocycles. The van der Waals surface area contributed by atoms with Gasteiger partial charge in [0.05, 0.1) is 12.7 Å². The zero-order valence-electron chi connectivity index (χ0n) is 8.04. The number of hydrogen-bond donors (Lipinski definition) is 0. The molecular formula is C10H18O3. The molecule has 2 fully saturated rings. The minimum absolute atomic E-state index is 0.0398. The van der Waals surface area contributed by atoms with E-state index >= 15 is 0 Å². The summed E-state index contributed by atoms with van der Waals surface area (Å²) in [5, 5.41) is 0. The van der Waals surface area contributed by atoms with Gasteiger partial charge in [-0.15, -0.1) is 0 Å². The van der Waals surface area contributed by atoms with Crippen LogP contribution < -0.4 is 0 Å². The van der Waals surface area contributed by atoms with Gasteiger partial charge in [0.15, 0.2) is 6.29 Å². The molecule has 2 heterocycles. The van der Waals surface area contributed by atoms with Crippen molar-refractivity contribution in [1.82, 2.24) is 0 Å². The molecule has 0 aliphatic carbocycles. The maximum Gasteiger partial charge on any atom is 0.157 e. The summed E-state index contributed by atoms with van der Waals surface area (Å²) in [4.78, 5) is 0. The Balaban J connectivity index is 1.60. The van der Waals surface area contributed by atoms with E-state index in [1.165, 1.54) is 19.3 Å². The topological polar surface area (TPSA) is 27.7 Å². The molecule has 2 rings (SSSR count). The van der Waals surface area contributed by atoms with Crippen molar-refractivity contribution < 1.29 is 14.2 Å². The predicted molar refractivity (Wildman–Crippen MR) is 48.5 cm³/mol. The Bertz CT molecular complexity index is 137. The molecule has 0 bridgehead atoms. The summed E-state index contributed by atoms with van der Waals surface area (Å²) < 4.78 is 16.5. The fraction of sp³-hybridized carbons (Fsp3) is 1.00. The molecule has 2 atom stereocenters. The van der Waals surface area contributed by atoms with E-state index < -0.39 is 0 Å². The van der Waals surface area contributed by atoms with Crippen LogP contribution in [0.3, 0.4) is 0 Å². The Morgan fingerprint density at radius 1 is 1.00 bits per heavy atom.